The van der Waals surface area contributed by atoms with Crippen LogP contribution in [0.15, 0.2) is 24.3 Å². The largest absolute Gasteiger partial charge is 0.393 e. The first-order chi connectivity index (χ1) is 18.0. The summed E-state index contributed by atoms with van der Waals surface area (Å²) in [6.07, 6.45) is 8.17. The lowest BCUT2D eigenvalue weighted by atomic mass is 9.82. The zero-order valence-electron chi connectivity index (χ0n) is 21.9. The van der Waals surface area contributed by atoms with Crippen LogP contribution in [0.1, 0.15) is 58.3 Å². The fourth-order valence-electron chi connectivity index (χ4n) is 4.04. The maximum Gasteiger partial charge on any atom is 0.244 e. The lowest BCUT2D eigenvalue weighted by Gasteiger charge is -2.32. The topological polar surface area (TPSA) is 223 Å². The fraction of sp³-hybridized carbons (Fsp3) is 0.600. The third-order valence-electron chi connectivity index (χ3n) is 6.07. The minimum Gasteiger partial charge on any atom is -0.393 e. The molecule has 13 nitrogen and oxygen atoms in total. The van der Waals surface area contributed by atoms with E-state index in [9.17, 15) is 33.9 Å². The van der Waals surface area contributed by atoms with E-state index in [1.807, 2.05) is 13.0 Å². The van der Waals surface area contributed by atoms with Crippen LogP contribution < -0.4 is 32.7 Å². The molecule has 13 heteroatoms. The van der Waals surface area contributed by atoms with Gasteiger partial charge in [-0.15, -0.1) is 0 Å². The number of aliphatic hydroxyl groups is 1. The molecule has 0 aromatic heterocycles. The van der Waals surface area contributed by atoms with Crippen molar-refractivity contribution in [3.63, 3.8) is 0 Å². The van der Waals surface area contributed by atoms with Gasteiger partial charge in [0, 0.05) is 13.1 Å². The highest BCUT2D eigenvalue weighted by molar-refractivity contribution is 5.98. The molecule has 1 aliphatic carbocycles. The number of amides is 6. The summed E-state index contributed by atoms with van der Waals surface area (Å²) < 4.78 is 0. The van der Waals surface area contributed by atoms with Crippen LogP contribution in [-0.4, -0.2) is 71.8 Å². The average Bonchev–Trinajstić information content (AvgIpc) is 2.85. The molecule has 0 spiro atoms. The number of allylic oxidation sites excluding steroid dienone is 3. The van der Waals surface area contributed by atoms with Gasteiger partial charge in [-0.25, -0.2) is 0 Å². The van der Waals surface area contributed by atoms with Crippen LogP contribution in [0, 0.1) is 5.92 Å². The summed E-state index contributed by atoms with van der Waals surface area (Å²) in [5.41, 5.74) is 10.5. The number of nitrogens with two attached hydrogens (primary N) is 2. The van der Waals surface area contributed by atoms with Crippen molar-refractivity contribution in [2.75, 3.05) is 7.05 Å². The van der Waals surface area contributed by atoms with Gasteiger partial charge in [0.15, 0.2) is 0 Å². The van der Waals surface area contributed by atoms with E-state index in [1.165, 1.54) is 13.1 Å². The molecule has 1 rings (SSSR count). The van der Waals surface area contributed by atoms with Gasteiger partial charge in [-0.3, -0.25) is 28.8 Å². The van der Waals surface area contributed by atoms with Crippen LogP contribution in [0.4, 0.5) is 0 Å². The summed E-state index contributed by atoms with van der Waals surface area (Å²) in [6.45, 7) is 2.00. The van der Waals surface area contributed by atoms with Crippen LogP contribution in [0.2, 0.25) is 0 Å². The molecule has 212 valence electrons. The number of rotatable bonds is 15. The van der Waals surface area contributed by atoms with Gasteiger partial charge in [0.05, 0.1) is 18.9 Å². The molecule has 0 aliphatic heterocycles. The van der Waals surface area contributed by atoms with E-state index in [0.29, 0.717) is 25.7 Å². The summed E-state index contributed by atoms with van der Waals surface area (Å²) in [5, 5.41) is 19.5. The van der Waals surface area contributed by atoms with E-state index in [4.69, 9.17) is 11.5 Å². The van der Waals surface area contributed by atoms with Gasteiger partial charge in [-0.2, -0.15) is 0 Å². The molecule has 3 atom stereocenters. The predicted molar refractivity (Wildman–Crippen MR) is 139 cm³/mol. The summed E-state index contributed by atoms with van der Waals surface area (Å²) >= 11 is 0. The van der Waals surface area contributed by atoms with E-state index in [1.54, 1.807) is 6.08 Å². The number of carbonyl (C=O) groups excluding carboxylic acids is 6. The molecule has 6 amide bonds. The lowest BCUT2D eigenvalue weighted by Crippen LogP contribution is -2.59. The van der Waals surface area contributed by atoms with Gasteiger partial charge in [-0.1, -0.05) is 31.6 Å². The van der Waals surface area contributed by atoms with E-state index < -0.39 is 72.5 Å². The molecule has 0 heterocycles. The van der Waals surface area contributed by atoms with Crippen LogP contribution in [0.3, 0.4) is 0 Å². The number of unbranched alkanes of at least 4 members (excludes halogenated alkanes) is 1. The van der Waals surface area contributed by atoms with Gasteiger partial charge < -0.3 is 37.8 Å². The number of carbonyl (C=O) groups is 6. The van der Waals surface area contributed by atoms with Crippen LogP contribution in [-0.2, 0) is 28.8 Å². The molecule has 0 aromatic rings. The van der Waals surface area contributed by atoms with E-state index in [2.05, 4.69) is 21.3 Å². The molecule has 1 fully saturated rings. The van der Waals surface area contributed by atoms with Crippen molar-refractivity contribution in [1.82, 2.24) is 21.3 Å². The standard InChI is InChI=1S/C25H40N6O7/c1-3-4-5-6-7-8-21(35)29-17(13-19(26)33)23(36)30-18(14-20(27)34)24(37)31-22(25(38)28-2)15-9-11-16(32)12-10-15/h5-8,15-18,22,32H,3-4,9-14H2,1-2H3,(H2,26,33)(H2,27,34)(H,28,38)(H,29,35)(H,30,36)(H,31,37)/b6-5+,8-7+/t15?,16?,17-,18+,22+/m1/s1. The van der Waals surface area contributed by atoms with Gasteiger partial charge in [0.2, 0.25) is 35.4 Å². The first-order valence-corrected chi connectivity index (χ1v) is 12.7. The van der Waals surface area contributed by atoms with Gasteiger partial charge in [-0.05, 0) is 38.0 Å². The third kappa shape index (κ3) is 12.0. The van der Waals surface area contributed by atoms with Crippen molar-refractivity contribution in [3.05, 3.63) is 24.3 Å². The molecule has 0 unspecified atom stereocenters. The highest BCUT2D eigenvalue weighted by Crippen LogP contribution is 2.27. The number of nitrogens with one attached hydrogen (secondary N) is 4. The molecule has 0 saturated heterocycles. The molecule has 0 bridgehead atoms. The average molecular weight is 537 g/mol. The molecular formula is C25H40N6O7. The second-order valence-electron chi connectivity index (χ2n) is 9.21. The second-order valence-corrected chi connectivity index (χ2v) is 9.21. The molecule has 1 aliphatic rings. The first-order valence-electron chi connectivity index (χ1n) is 12.7. The number of primary amides is 2. The van der Waals surface area contributed by atoms with Crippen LogP contribution in [0.25, 0.3) is 0 Å². The Morgan fingerprint density at radius 3 is 1.92 bits per heavy atom. The van der Waals surface area contributed by atoms with Crippen molar-refractivity contribution in [1.29, 1.82) is 0 Å². The second kappa shape index (κ2) is 16.9. The van der Waals surface area contributed by atoms with Gasteiger partial charge >= 0.3 is 0 Å². The number of hydrogen-bond acceptors (Lipinski definition) is 7. The van der Waals surface area contributed by atoms with Crippen LogP contribution >= 0.6 is 0 Å². The van der Waals surface area contributed by atoms with Crippen molar-refractivity contribution in [2.24, 2.45) is 17.4 Å². The fourth-order valence-corrected chi connectivity index (χ4v) is 4.04. The van der Waals surface area contributed by atoms with E-state index in [0.717, 1.165) is 18.9 Å². The Morgan fingerprint density at radius 1 is 0.842 bits per heavy atom. The summed E-state index contributed by atoms with van der Waals surface area (Å²) in [4.78, 5) is 73.9. The van der Waals surface area contributed by atoms with Crippen molar-refractivity contribution in [2.45, 2.75) is 82.5 Å². The van der Waals surface area contributed by atoms with Crippen molar-refractivity contribution in [3.8, 4) is 0 Å². The Morgan fingerprint density at radius 2 is 1.39 bits per heavy atom. The minimum atomic E-state index is -1.49. The summed E-state index contributed by atoms with van der Waals surface area (Å²) in [6, 6.07) is -3.89. The normalized spacial score (nSPS) is 19.8. The Labute approximate surface area is 222 Å². The summed E-state index contributed by atoms with van der Waals surface area (Å²) in [5.74, 6) is -4.99. The van der Waals surface area contributed by atoms with Crippen molar-refractivity contribution < 1.29 is 33.9 Å². The maximum atomic E-state index is 13.1. The first kappa shape index (κ1) is 32.3. The molecule has 0 aromatic carbocycles. The highest BCUT2D eigenvalue weighted by Gasteiger charge is 2.35. The lowest BCUT2D eigenvalue weighted by molar-refractivity contribution is -0.136. The number of aliphatic hydroxyl groups excluding tert-OH is 1. The Kier molecular flexibility index (Phi) is 14.4. The van der Waals surface area contributed by atoms with Gasteiger partial charge in [0.25, 0.3) is 0 Å². The Hall–Kier alpha value is -3.74. The molecular weight excluding hydrogens is 496 g/mol. The van der Waals surface area contributed by atoms with E-state index in [-0.39, 0.29) is 5.92 Å². The Balaban J connectivity index is 3.00. The zero-order chi connectivity index (χ0) is 28.7. The quantitative estimate of drug-likeness (QED) is 0.0958. The number of hydrogen-bond donors (Lipinski definition) is 7. The third-order valence-corrected chi connectivity index (χ3v) is 6.07. The minimum absolute atomic E-state index is 0.271. The number of likely N-dealkylation sites (N-methyl/N-ethyl adjacent to an activating group) is 1. The van der Waals surface area contributed by atoms with Gasteiger partial charge in [0.1, 0.15) is 18.1 Å². The van der Waals surface area contributed by atoms with Crippen LogP contribution in [0.5, 0.6) is 0 Å². The SMILES string of the molecule is CCC/C=C/C=C/C(=O)N[C@H](CC(N)=O)C(=O)N[C@@H](CC(N)=O)C(=O)N[C@H](C(=O)NC)C1CCC(O)CC1. The smallest absolute Gasteiger partial charge is 0.244 e. The Bertz CT molecular complexity index is 912. The molecule has 0 radical (unpaired) electrons. The maximum absolute atomic E-state index is 13.1. The zero-order valence-corrected chi connectivity index (χ0v) is 21.9. The predicted octanol–water partition coefficient (Wildman–Crippen LogP) is -1.60. The molecule has 38 heavy (non-hydrogen) atoms. The summed E-state index contributed by atoms with van der Waals surface area (Å²) in [7, 11) is 1.41. The van der Waals surface area contributed by atoms with E-state index >= 15 is 0 Å². The molecule has 1 saturated carbocycles. The molecule has 9 N–H and O–H groups in total. The highest BCUT2D eigenvalue weighted by atomic mass is 16.3. The van der Waals surface area contributed by atoms with Crippen molar-refractivity contribution >= 4 is 35.4 Å². The monoisotopic (exact) mass is 536 g/mol.